The minimum absolute atomic E-state index is 0.0554. The maximum absolute atomic E-state index is 11.3. The molecule has 0 spiro atoms. The Balaban J connectivity index is 1.76. The van der Waals surface area contributed by atoms with E-state index in [1.54, 1.807) is 0 Å². The fourth-order valence-electron chi connectivity index (χ4n) is 2.11. The van der Waals surface area contributed by atoms with Gasteiger partial charge in [0.05, 0.1) is 0 Å². The fourth-order valence-corrected chi connectivity index (χ4v) is 2.11. The van der Waals surface area contributed by atoms with Gasteiger partial charge in [-0.05, 0) is 19.4 Å². The van der Waals surface area contributed by atoms with E-state index in [1.165, 1.54) is 11.1 Å². The summed E-state index contributed by atoms with van der Waals surface area (Å²) >= 11 is 0. The van der Waals surface area contributed by atoms with Crippen molar-refractivity contribution in [3.63, 3.8) is 0 Å². The van der Waals surface area contributed by atoms with Crippen molar-refractivity contribution in [1.82, 2.24) is 15.5 Å². The van der Waals surface area contributed by atoms with E-state index < -0.39 is 0 Å². The van der Waals surface area contributed by atoms with E-state index in [0.29, 0.717) is 6.04 Å². The summed E-state index contributed by atoms with van der Waals surface area (Å²) in [6.45, 7) is 7.42. The normalized spacial score (nSPS) is 16.8. The number of hydrogen-bond donors (Lipinski definition) is 2. The van der Waals surface area contributed by atoms with E-state index >= 15 is 0 Å². The smallest absolute Gasteiger partial charge is 0.317 e. The lowest BCUT2D eigenvalue weighted by molar-refractivity contribution is 0.217. The van der Waals surface area contributed by atoms with Crippen LogP contribution in [0.2, 0.25) is 0 Å². The quantitative estimate of drug-likeness (QED) is 0.831. The minimum atomic E-state index is 0.0554. The van der Waals surface area contributed by atoms with Crippen LogP contribution in [0.4, 0.5) is 4.79 Å². The molecule has 0 aromatic heterocycles. The van der Waals surface area contributed by atoms with Crippen LogP contribution in [0.1, 0.15) is 24.1 Å². The molecule has 4 nitrogen and oxygen atoms in total. The van der Waals surface area contributed by atoms with Gasteiger partial charge in [0.1, 0.15) is 0 Å². The molecule has 0 aliphatic carbocycles. The Kier molecular flexibility index (Phi) is 4.20. The predicted molar refractivity (Wildman–Crippen MR) is 72.6 cm³/mol. The number of amides is 2. The van der Waals surface area contributed by atoms with Crippen molar-refractivity contribution in [2.75, 3.05) is 26.2 Å². The van der Waals surface area contributed by atoms with E-state index in [1.807, 2.05) is 4.90 Å². The van der Waals surface area contributed by atoms with Crippen LogP contribution < -0.4 is 10.6 Å². The first-order valence-electron chi connectivity index (χ1n) is 6.49. The first kappa shape index (κ1) is 12.9. The van der Waals surface area contributed by atoms with E-state index in [4.69, 9.17) is 0 Å². The lowest BCUT2D eigenvalue weighted by Gasteiger charge is -2.18. The number of hydrogen-bond acceptors (Lipinski definition) is 2. The van der Waals surface area contributed by atoms with Gasteiger partial charge in [-0.2, -0.15) is 0 Å². The fraction of sp³-hybridized carbons (Fsp3) is 0.500. The van der Waals surface area contributed by atoms with Crippen molar-refractivity contribution < 1.29 is 4.79 Å². The molecule has 1 atom stereocenters. The molecule has 0 saturated carbocycles. The second-order valence-corrected chi connectivity index (χ2v) is 4.81. The molecule has 4 heteroatoms. The van der Waals surface area contributed by atoms with Crippen LogP contribution in [0.15, 0.2) is 24.3 Å². The van der Waals surface area contributed by atoms with Gasteiger partial charge in [0.2, 0.25) is 0 Å². The molecule has 0 radical (unpaired) electrons. The van der Waals surface area contributed by atoms with Crippen LogP contribution >= 0.6 is 0 Å². The molecule has 2 amide bonds. The third-order valence-electron chi connectivity index (χ3n) is 3.35. The predicted octanol–water partition coefficient (Wildman–Crippen LogP) is 1.67. The van der Waals surface area contributed by atoms with Crippen molar-refractivity contribution >= 4 is 6.03 Å². The molecule has 2 N–H and O–H groups in total. The van der Waals surface area contributed by atoms with Crippen molar-refractivity contribution in [1.29, 1.82) is 0 Å². The van der Waals surface area contributed by atoms with Gasteiger partial charge >= 0.3 is 6.03 Å². The van der Waals surface area contributed by atoms with Crippen LogP contribution in [0, 0.1) is 6.92 Å². The molecule has 1 aliphatic heterocycles. The highest BCUT2D eigenvalue weighted by molar-refractivity contribution is 5.76. The summed E-state index contributed by atoms with van der Waals surface area (Å²) in [7, 11) is 0. The molecule has 1 aromatic rings. The van der Waals surface area contributed by atoms with Gasteiger partial charge in [-0.25, -0.2) is 4.79 Å². The Bertz CT molecular complexity index is 402. The molecule has 18 heavy (non-hydrogen) atoms. The van der Waals surface area contributed by atoms with Crippen molar-refractivity contribution in [2.45, 2.75) is 19.9 Å². The number of benzene rings is 1. The Morgan fingerprint density at radius 3 is 2.72 bits per heavy atom. The van der Waals surface area contributed by atoms with Crippen LogP contribution in [0.25, 0.3) is 0 Å². The first-order valence-corrected chi connectivity index (χ1v) is 6.49. The van der Waals surface area contributed by atoms with Crippen molar-refractivity contribution in [2.24, 2.45) is 0 Å². The highest BCUT2D eigenvalue weighted by atomic mass is 16.2. The zero-order valence-electron chi connectivity index (χ0n) is 11.1. The second kappa shape index (κ2) is 5.87. The molecular weight excluding hydrogens is 226 g/mol. The summed E-state index contributed by atoms with van der Waals surface area (Å²) in [5, 5.41) is 6.25. The molecule has 0 bridgehead atoms. The molecule has 0 unspecified atom stereocenters. The zero-order chi connectivity index (χ0) is 13.0. The molecule has 1 aliphatic rings. The number of urea groups is 1. The zero-order valence-corrected chi connectivity index (χ0v) is 11.1. The van der Waals surface area contributed by atoms with E-state index in [9.17, 15) is 4.79 Å². The SMILES string of the molecule is Cc1ccc([C@H](C)NCCN2CCNC2=O)cc1. The Hall–Kier alpha value is -1.55. The van der Waals surface area contributed by atoms with Crippen LogP contribution in [0.5, 0.6) is 0 Å². The maximum Gasteiger partial charge on any atom is 0.317 e. The number of nitrogens with one attached hydrogen (secondary N) is 2. The Morgan fingerprint density at radius 1 is 1.39 bits per heavy atom. The minimum Gasteiger partial charge on any atom is -0.336 e. The second-order valence-electron chi connectivity index (χ2n) is 4.81. The number of nitrogens with zero attached hydrogens (tertiary/aromatic N) is 1. The lowest BCUT2D eigenvalue weighted by atomic mass is 10.1. The number of carbonyl (C=O) groups excluding carboxylic acids is 1. The molecular formula is C14H21N3O. The Labute approximate surface area is 108 Å². The summed E-state index contributed by atoms with van der Waals surface area (Å²) in [4.78, 5) is 13.2. The largest absolute Gasteiger partial charge is 0.336 e. The Morgan fingerprint density at radius 2 is 2.11 bits per heavy atom. The van der Waals surface area contributed by atoms with Gasteiger partial charge in [-0.3, -0.25) is 0 Å². The third kappa shape index (κ3) is 3.23. The average molecular weight is 247 g/mol. The van der Waals surface area contributed by atoms with Crippen LogP contribution in [-0.2, 0) is 0 Å². The molecule has 1 aromatic carbocycles. The maximum atomic E-state index is 11.3. The molecule has 98 valence electrons. The lowest BCUT2D eigenvalue weighted by Crippen LogP contribution is -2.35. The van der Waals surface area contributed by atoms with Crippen molar-refractivity contribution in [3.05, 3.63) is 35.4 Å². The average Bonchev–Trinajstić information content (AvgIpc) is 2.76. The van der Waals surface area contributed by atoms with Gasteiger partial charge in [0.25, 0.3) is 0 Å². The van der Waals surface area contributed by atoms with E-state index in [2.05, 4.69) is 48.7 Å². The number of carbonyl (C=O) groups is 1. The van der Waals surface area contributed by atoms with E-state index in [-0.39, 0.29) is 6.03 Å². The highest BCUT2D eigenvalue weighted by Gasteiger charge is 2.18. The van der Waals surface area contributed by atoms with Gasteiger partial charge in [0, 0.05) is 32.2 Å². The summed E-state index contributed by atoms with van der Waals surface area (Å²) in [6, 6.07) is 8.92. The number of rotatable bonds is 5. The summed E-state index contributed by atoms with van der Waals surface area (Å²) in [5.41, 5.74) is 2.56. The number of aryl methyl sites for hydroxylation is 1. The third-order valence-corrected chi connectivity index (χ3v) is 3.35. The summed E-state index contributed by atoms with van der Waals surface area (Å²) in [5.74, 6) is 0. The van der Waals surface area contributed by atoms with Gasteiger partial charge < -0.3 is 15.5 Å². The highest BCUT2D eigenvalue weighted by Crippen LogP contribution is 2.12. The van der Waals surface area contributed by atoms with Gasteiger partial charge in [-0.15, -0.1) is 0 Å². The standard InChI is InChI=1S/C14H21N3O/c1-11-3-5-13(6-4-11)12(2)15-7-9-17-10-8-16-14(17)18/h3-6,12,15H,7-10H2,1-2H3,(H,16,18)/t12-/m0/s1. The van der Waals surface area contributed by atoms with Crippen LogP contribution in [-0.4, -0.2) is 37.1 Å². The molecule has 1 fully saturated rings. The van der Waals surface area contributed by atoms with Crippen molar-refractivity contribution in [3.8, 4) is 0 Å². The molecule has 2 rings (SSSR count). The summed E-state index contributed by atoms with van der Waals surface area (Å²) < 4.78 is 0. The van der Waals surface area contributed by atoms with E-state index in [0.717, 1.165) is 26.2 Å². The van der Waals surface area contributed by atoms with Gasteiger partial charge in [0.15, 0.2) is 0 Å². The topological polar surface area (TPSA) is 44.4 Å². The molecule has 1 heterocycles. The monoisotopic (exact) mass is 247 g/mol. The molecule has 1 saturated heterocycles. The van der Waals surface area contributed by atoms with Crippen LogP contribution in [0.3, 0.4) is 0 Å². The van der Waals surface area contributed by atoms with Gasteiger partial charge in [-0.1, -0.05) is 29.8 Å². The first-order chi connectivity index (χ1) is 8.66. The summed E-state index contributed by atoms with van der Waals surface area (Å²) in [6.07, 6.45) is 0.